The molecule has 5 nitrogen and oxygen atoms in total. The molecule has 1 heterocycles. The number of carbonyl (C=O) groups is 1. The van der Waals surface area contributed by atoms with Crippen LogP contribution >= 0.6 is 24.0 Å². The minimum absolute atomic E-state index is 0. The van der Waals surface area contributed by atoms with Gasteiger partial charge >= 0.3 is 0 Å². The minimum Gasteiger partial charge on any atom is -0.356 e. The Kier molecular flexibility index (Phi) is 8.82. The van der Waals surface area contributed by atoms with E-state index in [1.807, 2.05) is 11.9 Å². The summed E-state index contributed by atoms with van der Waals surface area (Å²) < 4.78 is 0. The van der Waals surface area contributed by atoms with Crippen molar-refractivity contribution in [3.8, 4) is 0 Å². The van der Waals surface area contributed by atoms with E-state index >= 15 is 0 Å². The van der Waals surface area contributed by atoms with Gasteiger partial charge in [0.1, 0.15) is 0 Å². The smallest absolute Gasteiger partial charge is 0.219 e. The van der Waals surface area contributed by atoms with Gasteiger partial charge in [-0.15, -0.1) is 24.0 Å². The number of aliphatic imine (C=N–C) groups is 1. The van der Waals surface area contributed by atoms with Gasteiger partial charge in [0.2, 0.25) is 5.91 Å². The number of rotatable bonds is 3. The van der Waals surface area contributed by atoms with Gasteiger partial charge in [-0.2, -0.15) is 0 Å². The molecule has 1 fully saturated rings. The van der Waals surface area contributed by atoms with Crippen molar-refractivity contribution in [1.82, 2.24) is 15.1 Å². The lowest BCUT2D eigenvalue weighted by molar-refractivity contribution is -0.130. The lowest BCUT2D eigenvalue weighted by atomic mass is 9.97. The summed E-state index contributed by atoms with van der Waals surface area (Å²) in [5, 5.41) is 3.46. The lowest BCUT2D eigenvalue weighted by Crippen LogP contribution is -2.53. The highest BCUT2D eigenvalue weighted by Crippen LogP contribution is 2.19. The number of carbonyl (C=O) groups excluding carboxylic acids is 1. The molecule has 1 aliphatic carbocycles. The molecule has 6 heteroatoms. The highest BCUT2D eigenvalue weighted by atomic mass is 127. The van der Waals surface area contributed by atoms with Crippen LogP contribution in [0, 0.1) is 0 Å². The normalized spacial score (nSPS) is 19.4. The van der Waals surface area contributed by atoms with Crippen LogP contribution in [0.4, 0.5) is 0 Å². The fourth-order valence-electron chi connectivity index (χ4n) is 3.03. The van der Waals surface area contributed by atoms with Crippen molar-refractivity contribution in [3.63, 3.8) is 0 Å². The zero-order valence-electron chi connectivity index (χ0n) is 13.8. The van der Waals surface area contributed by atoms with Crippen LogP contribution in [0.3, 0.4) is 0 Å². The zero-order chi connectivity index (χ0) is 15.1. The molecule has 1 N–H and O–H groups in total. The first-order valence-corrected chi connectivity index (χ1v) is 8.09. The Labute approximate surface area is 151 Å². The molecule has 0 bridgehead atoms. The van der Waals surface area contributed by atoms with Crippen LogP contribution < -0.4 is 5.32 Å². The quantitative estimate of drug-likeness (QED) is 0.330. The monoisotopic (exact) mass is 420 g/mol. The number of amides is 1. The Bertz CT molecular complexity index is 414. The highest BCUT2D eigenvalue weighted by Gasteiger charge is 2.20. The van der Waals surface area contributed by atoms with E-state index in [0.717, 1.165) is 45.1 Å². The fourth-order valence-corrected chi connectivity index (χ4v) is 3.03. The van der Waals surface area contributed by atoms with E-state index in [2.05, 4.69) is 21.3 Å². The van der Waals surface area contributed by atoms with Gasteiger partial charge in [-0.25, -0.2) is 0 Å². The Morgan fingerprint density at radius 1 is 1.23 bits per heavy atom. The Morgan fingerprint density at radius 2 is 1.91 bits per heavy atom. The predicted octanol–water partition coefficient (Wildman–Crippen LogP) is 2.23. The third kappa shape index (κ3) is 5.78. The van der Waals surface area contributed by atoms with Gasteiger partial charge in [0.25, 0.3) is 0 Å². The number of halogens is 1. The Balaban J connectivity index is 0.00000242. The van der Waals surface area contributed by atoms with Crippen LogP contribution in [-0.2, 0) is 4.79 Å². The minimum atomic E-state index is 0. The van der Waals surface area contributed by atoms with Crippen molar-refractivity contribution < 1.29 is 4.79 Å². The molecule has 1 aliphatic heterocycles. The van der Waals surface area contributed by atoms with Crippen molar-refractivity contribution in [3.05, 3.63) is 11.6 Å². The SMILES string of the molecule is CN=C(NCCC1=CCCCC1)N1CCN(C(C)=O)CC1.I. The van der Waals surface area contributed by atoms with Crippen LogP contribution in [0.15, 0.2) is 16.6 Å². The first-order valence-electron chi connectivity index (χ1n) is 8.09. The number of piperazine rings is 1. The largest absolute Gasteiger partial charge is 0.356 e. The summed E-state index contributed by atoms with van der Waals surface area (Å²) in [7, 11) is 1.83. The molecule has 0 spiro atoms. The molecule has 0 radical (unpaired) electrons. The maximum Gasteiger partial charge on any atom is 0.219 e. The van der Waals surface area contributed by atoms with E-state index in [1.54, 1.807) is 12.5 Å². The topological polar surface area (TPSA) is 47.9 Å². The van der Waals surface area contributed by atoms with Crippen molar-refractivity contribution in [1.29, 1.82) is 0 Å². The van der Waals surface area contributed by atoms with Crippen molar-refractivity contribution >= 4 is 35.8 Å². The Morgan fingerprint density at radius 3 is 2.45 bits per heavy atom. The maximum absolute atomic E-state index is 11.3. The summed E-state index contributed by atoms with van der Waals surface area (Å²) in [6.07, 6.45) is 8.72. The summed E-state index contributed by atoms with van der Waals surface area (Å²) in [5.74, 6) is 1.14. The van der Waals surface area contributed by atoms with Crippen LogP contribution in [0.1, 0.15) is 39.0 Å². The van der Waals surface area contributed by atoms with Gasteiger partial charge in [-0.1, -0.05) is 11.6 Å². The summed E-state index contributed by atoms with van der Waals surface area (Å²) in [5.41, 5.74) is 1.59. The standard InChI is InChI=1S/C16H28N4O.HI/c1-14(21)19-10-12-20(13-11-19)16(17-2)18-9-8-15-6-4-3-5-7-15;/h6H,3-5,7-13H2,1-2H3,(H,17,18);1H. The summed E-state index contributed by atoms with van der Waals surface area (Å²) >= 11 is 0. The van der Waals surface area contributed by atoms with E-state index in [4.69, 9.17) is 0 Å². The molecule has 0 aromatic heterocycles. The average Bonchev–Trinajstić information content (AvgIpc) is 2.53. The molecule has 22 heavy (non-hydrogen) atoms. The van der Waals surface area contributed by atoms with Crippen molar-refractivity contribution in [2.45, 2.75) is 39.0 Å². The second kappa shape index (κ2) is 10.1. The van der Waals surface area contributed by atoms with Crippen LogP contribution in [-0.4, -0.2) is 61.4 Å². The average molecular weight is 420 g/mol. The van der Waals surface area contributed by atoms with Gasteiger partial charge < -0.3 is 15.1 Å². The third-order valence-electron chi connectivity index (χ3n) is 4.35. The predicted molar refractivity (Wildman–Crippen MR) is 102 cm³/mol. The summed E-state index contributed by atoms with van der Waals surface area (Å²) in [4.78, 5) is 19.9. The van der Waals surface area contributed by atoms with E-state index in [9.17, 15) is 4.79 Å². The van der Waals surface area contributed by atoms with Gasteiger partial charge in [0.15, 0.2) is 5.96 Å². The molecule has 1 amide bonds. The van der Waals surface area contributed by atoms with Crippen LogP contribution in [0.25, 0.3) is 0 Å². The summed E-state index contributed by atoms with van der Waals surface area (Å²) in [6.45, 7) is 5.90. The van der Waals surface area contributed by atoms with Gasteiger partial charge in [0.05, 0.1) is 0 Å². The molecule has 0 aromatic rings. The Hall–Kier alpha value is -0.790. The van der Waals surface area contributed by atoms with Gasteiger partial charge in [-0.05, 0) is 32.1 Å². The van der Waals surface area contributed by atoms with E-state index in [0.29, 0.717) is 0 Å². The van der Waals surface area contributed by atoms with Gasteiger partial charge in [0, 0.05) is 46.7 Å². The van der Waals surface area contributed by atoms with Crippen LogP contribution in [0.2, 0.25) is 0 Å². The molecule has 0 unspecified atom stereocenters. The molecule has 126 valence electrons. The second-order valence-electron chi connectivity index (χ2n) is 5.83. The molecule has 1 saturated heterocycles. The molecule has 2 rings (SSSR count). The summed E-state index contributed by atoms with van der Waals surface area (Å²) in [6, 6.07) is 0. The molecular formula is C16H29IN4O. The van der Waals surface area contributed by atoms with Crippen LogP contribution in [0.5, 0.6) is 0 Å². The number of nitrogens with one attached hydrogen (secondary N) is 1. The maximum atomic E-state index is 11.3. The van der Waals surface area contributed by atoms with Crippen molar-refractivity contribution in [2.75, 3.05) is 39.8 Å². The molecule has 2 aliphatic rings. The number of hydrogen-bond donors (Lipinski definition) is 1. The highest BCUT2D eigenvalue weighted by molar-refractivity contribution is 14.0. The number of guanidine groups is 1. The number of nitrogens with zero attached hydrogens (tertiary/aromatic N) is 3. The first-order chi connectivity index (χ1) is 10.2. The molecule has 0 saturated carbocycles. The third-order valence-corrected chi connectivity index (χ3v) is 4.35. The van der Waals surface area contributed by atoms with Gasteiger partial charge in [-0.3, -0.25) is 9.79 Å². The lowest BCUT2D eigenvalue weighted by Gasteiger charge is -2.36. The molecular weight excluding hydrogens is 391 g/mol. The van der Waals surface area contributed by atoms with Crippen molar-refractivity contribution in [2.24, 2.45) is 4.99 Å². The molecule has 0 atom stereocenters. The number of hydrogen-bond acceptors (Lipinski definition) is 2. The zero-order valence-corrected chi connectivity index (χ0v) is 16.1. The van der Waals surface area contributed by atoms with E-state index in [-0.39, 0.29) is 29.9 Å². The fraction of sp³-hybridized carbons (Fsp3) is 0.750. The first kappa shape index (κ1) is 19.3. The molecule has 0 aromatic carbocycles. The van der Waals surface area contributed by atoms with E-state index in [1.165, 1.54) is 25.7 Å². The van der Waals surface area contributed by atoms with E-state index < -0.39 is 0 Å². The second-order valence-corrected chi connectivity index (χ2v) is 5.83. The number of allylic oxidation sites excluding steroid dienone is 1.